The second kappa shape index (κ2) is 7.20. The van der Waals surface area contributed by atoms with Crippen LogP contribution < -0.4 is 5.73 Å². The Bertz CT molecular complexity index is 161. The van der Waals surface area contributed by atoms with Crippen LogP contribution in [0.5, 0.6) is 0 Å². The van der Waals surface area contributed by atoms with Crippen molar-refractivity contribution in [1.29, 1.82) is 0 Å². The first-order valence-electron chi connectivity index (χ1n) is 6.50. The van der Waals surface area contributed by atoms with Gasteiger partial charge in [-0.05, 0) is 25.9 Å². The second-order valence-corrected chi connectivity index (χ2v) is 4.61. The summed E-state index contributed by atoms with van der Waals surface area (Å²) in [6, 6.07) is 0. The van der Waals surface area contributed by atoms with E-state index >= 15 is 0 Å². The molecule has 0 aromatic heterocycles. The van der Waals surface area contributed by atoms with Crippen LogP contribution in [0.3, 0.4) is 0 Å². The zero-order valence-electron chi connectivity index (χ0n) is 10.4. The maximum atomic E-state index is 6.17. The van der Waals surface area contributed by atoms with E-state index in [-0.39, 0.29) is 6.17 Å². The van der Waals surface area contributed by atoms with Crippen LogP contribution in [0.4, 0.5) is 0 Å². The molecule has 0 spiro atoms. The molecule has 3 heteroatoms. The standard InChI is InChI=1S/C12H27N3/c1-3-5-7-14-9-10-15(8-6-4-2)12(13)11-14/h12H,3-11,13H2,1-2H3. The Morgan fingerprint density at radius 3 is 2.33 bits per heavy atom. The smallest absolute Gasteiger partial charge is 0.0703 e. The lowest BCUT2D eigenvalue weighted by molar-refractivity contribution is 0.0756. The van der Waals surface area contributed by atoms with Gasteiger partial charge in [0.05, 0.1) is 6.17 Å². The lowest BCUT2D eigenvalue weighted by Crippen LogP contribution is -2.57. The fourth-order valence-electron chi connectivity index (χ4n) is 2.13. The average molecular weight is 213 g/mol. The molecule has 0 aromatic carbocycles. The molecule has 1 rings (SSSR count). The molecule has 0 aromatic rings. The fraction of sp³-hybridized carbons (Fsp3) is 1.00. The first-order valence-corrected chi connectivity index (χ1v) is 6.50. The van der Waals surface area contributed by atoms with Gasteiger partial charge < -0.3 is 5.73 Å². The van der Waals surface area contributed by atoms with Gasteiger partial charge in [0.1, 0.15) is 0 Å². The maximum Gasteiger partial charge on any atom is 0.0703 e. The van der Waals surface area contributed by atoms with Crippen molar-refractivity contribution in [3.63, 3.8) is 0 Å². The summed E-state index contributed by atoms with van der Waals surface area (Å²) in [7, 11) is 0. The van der Waals surface area contributed by atoms with Crippen molar-refractivity contribution in [1.82, 2.24) is 9.80 Å². The zero-order chi connectivity index (χ0) is 11.1. The molecular weight excluding hydrogens is 186 g/mol. The van der Waals surface area contributed by atoms with Crippen LogP contribution in [0.15, 0.2) is 0 Å². The van der Waals surface area contributed by atoms with E-state index in [9.17, 15) is 0 Å². The predicted octanol–water partition coefficient (Wildman–Crippen LogP) is 1.49. The molecule has 3 nitrogen and oxygen atoms in total. The van der Waals surface area contributed by atoms with Gasteiger partial charge in [0, 0.05) is 19.6 Å². The summed E-state index contributed by atoms with van der Waals surface area (Å²) in [5.41, 5.74) is 6.17. The average Bonchev–Trinajstić information content (AvgIpc) is 2.25. The molecule has 0 radical (unpaired) electrons. The van der Waals surface area contributed by atoms with E-state index in [0.717, 1.165) is 13.1 Å². The maximum absolute atomic E-state index is 6.17. The molecule has 1 saturated heterocycles. The first-order chi connectivity index (χ1) is 7.27. The van der Waals surface area contributed by atoms with Gasteiger partial charge in [-0.15, -0.1) is 0 Å². The van der Waals surface area contributed by atoms with Crippen LogP contribution in [0, 0.1) is 0 Å². The van der Waals surface area contributed by atoms with Gasteiger partial charge in [-0.25, -0.2) is 0 Å². The Hall–Kier alpha value is -0.120. The van der Waals surface area contributed by atoms with Gasteiger partial charge in [0.25, 0.3) is 0 Å². The highest BCUT2D eigenvalue weighted by molar-refractivity contribution is 4.77. The Labute approximate surface area is 94.6 Å². The third-order valence-corrected chi connectivity index (χ3v) is 3.24. The quantitative estimate of drug-likeness (QED) is 0.725. The third-order valence-electron chi connectivity index (χ3n) is 3.24. The van der Waals surface area contributed by atoms with Crippen molar-refractivity contribution >= 4 is 0 Å². The molecule has 1 unspecified atom stereocenters. The van der Waals surface area contributed by atoms with Crippen LogP contribution >= 0.6 is 0 Å². The van der Waals surface area contributed by atoms with Crippen LogP contribution in [-0.4, -0.2) is 48.7 Å². The molecule has 0 aliphatic carbocycles. The molecule has 2 N–H and O–H groups in total. The topological polar surface area (TPSA) is 32.5 Å². The third kappa shape index (κ3) is 4.49. The minimum absolute atomic E-state index is 0.266. The summed E-state index contributed by atoms with van der Waals surface area (Å²) in [4.78, 5) is 4.95. The summed E-state index contributed by atoms with van der Waals surface area (Å²) in [5.74, 6) is 0. The number of hydrogen-bond acceptors (Lipinski definition) is 3. The van der Waals surface area contributed by atoms with Gasteiger partial charge in [-0.3, -0.25) is 9.80 Å². The SMILES string of the molecule is CCCCN1CCN(CCCC)C(N)C1. The van der Waals surface area contributed by atoms with Crippen molar-refractivity contribution in [3.8, 4) is 0 Å². The van der Waals surface area contributed by atoms with Crippen molar-refractivity contribution in [2.75, 3.05) is 32.7 Å². The van der Waals surface area contributed by atoms with Crippen LogP contribution in [0.1, 0.15) is 39.5 Å². The second-order valence-electron chi connectivity index (χ2n) is 4.61. The summed E-state index contributed by atoms with van der Waals surface area (Å²) >= 11 is 0. The van der Waals surface area contributed by atoms with Gasteiger partial charge in [-0.1, -0.05) is 26.7 Å². The Morgan fingerprint density at radius 2 is 1.73 bits per heavy atom. The number of rotatable bonds is 6. The van der Waals surface area contributed by atoms with E-state index in [1.54, 1.807) is 0 Å². The van der Waals surface area contributed by atoms with E-state index in [4.69, 9.17) is 5.73 Å². The van der Waals surface area contributed by atoms with Crippen molar-refractivity contribution < 1.29 is 0 Å². The van der Waals surface area contributed by atoms with E-state index < -0.39 is 0 Å². The summed E-state index contributed by atoms with van der Waals surface area (Å²) < 4.78 is 0. The zero-order valence-corrected chi connectivity index (χ0v) is 10.4. The van der Waals surface area contributed by atoms with Crippen molar-refractivity contribution in [2.24, 2.45) is 5.73 Å². The van der Waals surface area contributed by atoms with Crippen LogP contribution in [0.25, 0.3) is 0 Å². The minimum Gasteiger partial charge on any atom is -0.315 e. The number of nitrogens with zero attached hydrogens (tertiary/aromatic N) is 2. The molecule has 1 atom stereocenters. The molecule has 0 bridgehead atoms. The minimum atomic E-state index is 0.266. The van der Waals surface area contributed by atoms with Crippen LogP contribution in [0.2, 0.25) is 0 Å². The van der Waals surface area contributed by atoms with Gasteiger partial charge >= 0.3 is 0 Å². The van der Waals surface area contributed by atoms with Crippen molar-refractivity contribution in [2.45, 2.75) is 45.7 Å². The van der Waals surface area contributed by atoms with Crippen molar-refractivity contribution in [3.05, 3.63) is 0 Å². The van der Waals surface area contributed by atoms with Crippen LogP contribution in [-0.2, 0) is 0 Å². The summed E-state index contributed by atoms with van der Waals surface area (Å²) in [6.45, 7) is 10.3. The highest BCUT2D eigenvalue weighted by Gasteiger charge is 2.22. The van der Waals surface area contributed by atoms with Gasteiger partial charge in [0.15, 0.2) is 0 Å². The summed E-state index contributed by atoms with van der Waals surface area (Å²) in [5, 5.41) is 0. The van der Waals surface area contributed by atoms with E-state index in [2.05, 4.69) is 23.6 Å². The summed E-state index contributed by atoms with van der Waals surface area (Å²) in [6.07, 6.45) is 5.40. The van der Waals surface area contributed by atoms with Gasteiger partial charge in [0.2, 0.25) is 0 Å². The predicted molar refractivity (Wildman–Crippen MR) is 65.8 cm³/mol. The van der Waals surface area contributed by atoms with E-state index in [1.807, 2.05) is 0 Å². The molecule has 15 heavy (non-hydrogen) atoms. The number of unbranched alkanes of at least 4 members (excludes halogenated alkanes) is 2. The highest BCUT2D eigenvalue weighted by atomic mass is 15.3. The Kier molecular flexibility index (Phi) is 6.22. The largest absolute Gasteiger partial charge is 0.315 e. The highest BCUT2D eigenvalue weighted by Crippen LogP contribution is 2.08. The fourth-order valence-corrected chi connectivity index (χ4v) is 2.13. The monoisotopic (exact) mass is 213 g/mol. The molecule has 1 fully saturated rings. The van der Waals surface area contributed by atoms with E-state index in [0.29, 0.717) is 0 Å². The lowest BCUT2D eigenvalue weighted by Gasteiger charge is -2.39. The number of hydrogen-bond donors (Lipinski definition) is 1. The molecule has 0 saturated carbocycles. The molecule has 1 aliphatic heterocycles. The molecule has 1 heterocycles. The first kappa shape index (κ1) is 12.9. The number of nitrogens with two attached hydrogens (primary N) is 1. The molecule has 90 valence electrons. The molecule has 0 amide bonds. The Balaban J connectivity index is 2.21. The lowest BCUT2D eigenvalue weighted by atomic mass is 10.2. The van der Waals surface area contributed by atoms with Gasteiger partial charge in [-0.2, -0.15) is 0 Å². The van der Waals surface area contributed by atoms with E-state index in [1.165, 1.54) is 45.3 Å². The molecule has 1 aliphatic rings. The molecular formula is C12H27N3. The normalized spacial score (nSPS) is 24.6. The number of piperazine rings is 1. The Morgan fingerprint density at radius 1 is 1.07 bits per heavy atom.